The summed E-state index contributed by atoms with van der Waals surface area (Å²) in [6.07, 6.45) is 4.53. The second kappa shape index (κ2) is 7.76. The summed E-state index contributed by atoms with van der Waals surface area (Å²) in [5.41, 5.74) is 5.40. The predicted molar refractivity (Wildman–Crippen MR) is 114 cm³/mol. The molecular weight excluding hydrogens is 348 g/mol. The van der Waals surface area contributed by atoms with Gasteiger partial charge in [-0.25, -0.2) is 4.79 Å². The SMILES string of the molecule is CC1(C)CC(=C(c2ccccc2)c2ccc(C=CC(=O)O)cc2)CC(C)(C)O1. The molecule has 28 heavy (non-hydrogen) atoms. The highest BCUT2D eigenvalue weighted by Gasteiger charge is 2.37. The molecule has 0 aliphatic carbocycles. The van der Waals surface area contributed by atoms with E-state index in [0.29, 0.717) is 0 Å². The number of carboxylic acids is 1. The van der Waals surface area contributed by atoms with Crippen molar-refractivity contribution in [3.8, 4) is 0 Å². The first-order valence-electron chi connectivity index (χ1n) is 9.64. The highest BCUT2D eigenvalue weighted by atomic mass is 16.5. The zero-order valence-electron chi connectivity index (χ0n) is 17.0. The molecule has 0 bridgehead atoms. The molecule has 0 atom stereocenters. The molecule has 1 heterocycles. The monoisotopic (exact) mass is 376 g/mol. The summed E-state index contributed by atoms with van der Waals surface area (Å²) < 4.78 is 6.29. The van der Waals surface area contributed by atoms with Gasteiger partial charge in [0.1, 0.15) is 0 Å². The Kier molecular flexibility index (Phi) is 5.57. The van der Waals surface area contributed by atoms with Crippen LogP contribution in [0.25, 0.3) is 11.6 Å². The van der Waals surface area contributed by atoms with E-state index in [1.807, 2.05) is 18.2 Å². The van der Waals surface area contributed by atoms with Gasteiger partial charge in [0.15, 0.2) is 0 Å². The molecule has 146 valence electrons. The van der Waals surface area contributed by atoms with Crippen LogP contribution < -0.4 is 0 Å². The molecule has 1 aliphatic rings. The van der Waals surface area contributed by atoms with Crippen molar-refractivity contribution in [3.05, 3.63) is 82.9 Å². The van der Waals surface area contributed by atoms with E-state index in [1.54, 1.807) is 6.08 Å². The van der Waals surface area contributed by atoms with Gasteiger partial charge in [-0.3, -0.25) is 0 Å². The van der Waals surface area contributed by atoms with Crippen LogP contribution in [-0.2, 0) is 9.53 Å². The average molecular weight is 376 g/mol. The number of hydrogen-bond acceptors (Lipinski definition) is 2. The van der Waals surface area contributed by atoms with Crippen molar-refractivity contribution < 1.29 is 14.6 Å². The Morgan fingerprint density at radius 1 is 0.893 bits per heavy atom. The summed E-state index contributed by atoms with van der Waals surface area (Å²) in [5, 5.41) is 8.83. The molecule has 3 heteroatoms. The highest BCUT2D eigenvalue weighted by Crippen LogP contribution is 2.43. The molecule has 1 N–H and O–H groups in total. The third-order valence-corrected chi connectivity index (χ3v) is 4.86. The molecule has 0 unspecified atom stereocenters. The van der Waals surface area contributed by atoms with E-state index < -0.39 is 5.97 Å². The van der Waals surface area contributed by atoms with Crippen LogP contribution >= 0.6 is 0 Å². The van der Waals surface area contributed by atoms with Gasteiger partial charge < -0.3 is 9.84 Å². The lowest BCUT2D eigenvalue weighted by molar-refractivity contribution is -0.138. The Hall–Kier alpha value is -2.65. The maximum atomic E-state index is 10.8. The van der Waals surface area contributed by atoms with E-state index in [2.05, 4.69) is 64.1 Å². The standard InChI is InChI=1S/C25H28O3/c1-24(2)16-21(17-25(3,4)28-24)23(19-8-6-5-7-9-19)20-13-10-18(11-14-20)12-15-22(26)27/h5-15H,16-17H2,1-4H3,(H,26,27). The van der Waals surface area contributed by atoms with Gasteiger partial charge in [-0.1, -0.05) is 60.2 Å². The van der Waals surface area contributed by atoms with Gasteiger partial charge in [-0.2, -0.15) is 0 Å². The largest absolute Gasteiger partial charge is 0.478 e. The fourth-order valence-electron chi connectivity index (χ4n) is 4.20. The maximum absolute atomic E-state index is 10.8. The average Bonchev–Trinajstić information content (AvgIpc) is 2.59. The third-order valence-electron chi connectivity index (χ3n) is 4.86. The molecule has 0 amide bonds. The van der Waals surface area contributed by atoms with Crippen molar-refractivity contribution in [2.75, 3.05) is 0 Å². The highest BCUT2D eigenvalue weighted by molar-refractivity contribution is 5.86. The molecule has 3 rings (SSSR count). The van der Waals surface area contributed by atoms with E-state index in [9.17, 15) is 4.79 Å². The second-order valence-corrected chi connectivity index (χ2v) is 8.61. The smallest absolute Gasteiger partial charge is 0.328 e. The van der Waals surface area contributed by atoms with Crippen molar-refractivity contribution in [2.24, 2.45) is 0 Å². The number of carbonyl (C=O) groups is 1. The fraction of sp³-hybridized carbons (Fsp3) is 0.320. The number of hydrogen-bond donors (Lipinski definition) is 1. The number of benzene rings is 2. The summed E-state index contributed by atoms with van der Waals surface area (Å²) in [6, 6.07) is 18.5. The lowest BCUT2D eigenvalue weighted by atomic mass is 9.79. The lowest BCUT2D eigenvalue weighted by Gasteiger charge is -2.43. The van der Waals surface area contributed by atoms with Crippen LogP contribution in [0.5, 0.6) is 0 Å². The summed E-state index contributed by atoms with van der Waals surface area (Å²) >= 11 is 0. The fourth-order valence-corrected chi connectivity index (χ4v) is 4.20. The van der Waals surface area contributed by atoms with Gasteiger partial charge in [-0.15, -0.1) is 0 Å². The minimum atomic E-state index is -0.942. The first-order valence-corrected chi connectivity index (χ1v) is 9.64. The summed E-state index contributed by atoms with van der Waals surface area (Å²) in [7, 11) is 0. The van der Waals surface area contributed by atoms with E-state index in [1.165, 1.54) is 16.7 Å². The molecule has 1 aliphatic heterocycles. The molecular formula is C25H28O3. The van der Waals surface area contributed by atoms with Gasteiger partial charge in [0.2, 0.25) is 0 Å². The Bertz CT molecular complexity index is 883. The van der Waals surface area contributed by atoms with Gasteiger partial charge in [0, 0.05) is 6.08 Å². The molecule has 0 spiro atoms. The van der Waals surface area contributed by atoms with Crippen molar-refractivity contribution >= 4 is 17.6 Å². The van der Waals surface area contributed by atoms with Crippen LogP contribution in [0.2, 0.25) is 0 Å². The second-order valence-electron chi connectivity index (χ2n) is 8.61. The number of ether oxygens (including phenoxy) is 1. The van der Waals surface area contributed by atoms with E-state index in [4.69, 9.17) is 9.84 Å². The minimum Gasteiger partial charge on any atom is -0.478 e. The zero-order valence-corrected chi connectivity index (χ0v) is 17.0. The van der Waals surface area contributed by atoms with E-state index in [-0.39, 0.29) is 11.2 Å². The Morgan fingerprint density at radius 2 is 1.43 bits per heavy atom. The van der Waals surface area contributed by atoms with Gasteiger partial charge in [0.05, 0.1) is 11.2 Å². The van der Waals surface area contributed by atoms with Crippen molar-refractivity contribution in [2.45, 2.75) is 51.7 Å². The minimum absolute atomic E-state index is 0.221. The first-order chi connectivity index (χ1) is 13.2. The Labute approximate surface area is 167 Å². The quantitative estimate of drug-likeness (QED) is 0.670. The van der Waals surface area contributed by atoms with Crippen LogP contribution in [0.1, 0.15) is 57.2 Å². The lowest BCUT2D eigenvalue weighted by Crippen LogP contribution is -2.42. The summed E-state index contributed by atoms with van der Waals surface area (Å²) in [5.74, 6) is -0.942. The normalized spacial score (nSPS) is 18.2. The number of rotatable bonds is 4. The molecule has 0 saturated carbocycles. The maximum Gasteiger partial charge on any atom is 0.328 e. The first kappa shape index (κ1) is 20.1. The Morgan fingerprint density at radius 3 is 1.96 bits per heavy atom. The van der Waals surface area contributed by atoms with Crippen LogP contribution in [0.3, 0.4) is 0 Å². The van der Waals surface area contributed by atoms with Crippen LogP contribution in [-0.4, -0.2) is 22.3 Å². The van der Waals surface area contributed by atoms with Crippen LogP contribution in [0.4, 0.5) is 0 Å². The van der Waals surface area contributed by atoms with Gasteiger partial charge >= 0.3 is 5.97 Å². The van der Waals surface area contributed by atoms with E-state index >= 15 is 0 Å². The third kappa shape index (κ3) is 4.99. The molecule has 3 nitrogen and oxygen atoms in total. The summed E-state index contributed by atoms with van der Waals surface area (Å²) in [6.45, 7) is 8.60. The van der Waals surface area contributed by atoms with Crippen molar-refractivity contribution in [1.29, 1.82) is 0 Å². The van der Waals surface area contributed by atoms with Crippen molar-refractivity contribution in [3.63, 3.8) is 0 Å². The topological polar surface area (TPSA) is 46.5 Å². The zero-order chi connectivity index (χ0) is 20.4. The molecule has 2 aromatic carbocycles. The molecule has 2 aromatic rings. The summed E-state index contributed by atoms with van der Waals surface area (Å²) in [4.78, 5) is 10.8. The molecule has 1 saturated heterocycles. The number of aliphatic carboxylic acids is 1. The Balaban J connectivity index is 2.10. The molecule has 0 aromatic heterocycles. The van der Waals surface area contributed by atoms with E-state index in [0.717, 1.165) is 30.0 Å². The van der Waals surface area contributed by atoms with Gasteiger partial charge in [-0.05, 0) is 68.9 Å². The molecule has 0 radical (unpaired) electrons. The van der Waals surface area contributed by atoms with Gasteiger partial charge in [0.25, 0.3) is 0 Å². The van der Waals surface area contributed by atoms with Crippen molar-refractivity contribution in [1.82, 2.24) is 0 Å². The predicted octanol–water partition coefficient (Wildman–Crippen LogP) is 5.95. The van der Waals surface area contributed by atoms with Crippen LogP contribution in [0.15, 0.2) is 66.2 Å². The van der Waals surface area contributed by atoms with Crippen LogP contribution in [0, 0.1) is 0 Å². The molecule has 1 fully saturated rings. The number of carboxylic acid groups (broad SMARTS) is 1.